The number of nitrogens with two attached hydrogens (primary N) is 1. The second-order valence-corrected chi connectivity index (χ2v) is 5.09. The van der Waals surface area contributed by atoms with Crippen LogP contribution in [0.4, 0.5) is 5.69 Å². The topological polar surface area (TPSA) is 49.6 Å². The maximum atomic E-state index is 12.2. The normalized spacial score (nSPS) is 24.6. The van der Waals surface area contributed by atoms with Crippen molar-refractivity contribution in [1.82, 2.24) is 4.90 Å². The van der Waals surface area contributed by atoms with Crippen molar-refractivity contribution in [2.75, 3.05) is 25.0 Å². The average molecular weight is 268 g/mol. The third-order valence-electron chi connectivity index (χ3n) is 3.36. The molecule has 2 N–H and O–H groups in total. The van der Waals surface area contributed by atoms with E-state index >= 15 is 0 Å². The molecule has 98 valence electrons. The zero-order valence-electron chi connectivity index (χ0n) is 10.6. The van der Waals surface area contributed by atoms with Crippen molar-refractivity contribution in [2.24, 2.45) is 5.73 Å². The summed E-state index contributed by atoms with van der Waals surface area (Å²) in [6.45, 7) is 3.05. The predicted molar refractivity (Wildman–Crippen MR) is 73.9 cm³/mol. The number of halogens is 1. The van der Waals surface area contributed by atoms with E-state index in [0.29, 0.717) is 18.1 Å². The van der Waals surface area contributed by atoms with Crippen molar-refractivity contribution in [2.45, 2.75) is 19.0 Å². The van der Waals surface area contributed by atoms with Crippen molar-refractivity contribution in [3.63, 3.8) is 0 Å². The van der Waals surface area contributed by atoms with Crippen LogP contribution in [-0.4, -0.2) is 43.0 Å². The molecule has 18 heavy (non-hydrogen) atoms. The largest absolute Gasteiger partial charge is 0.353 e. The van der Waals surface area contributed by atoms with Crippen LogP contribution in [0.15, 0.2) is 24.3 Å². The van der Waals surface area contributed by atoms with Crippen molar-refractivity contribution in [3.8, 4) is 0 Å². The minimum atomic E-state index is -0.335. The Morgan fingerprint density at radius 3 is 2.72 bits per heavy atom. The number of piperazine rings is 1. The third kappa shape index (κ3) is 2.18. The van der Waals surface area contributed by atoms with E-state index in [1.54, 1.807) is 4.90 Å². The summed E-state index contributed by atoms with van der Waals surface area (Å²) in [5.41, 5.74) is 6.64. The molecule has 1 aromatic carbocycles. The van der Waals surface area contributed by atoms with Crippen LogP contribution >= 0.6 is 11.6 Å². The summed E-state index contributed by atoms with van der Waals surface area (Å²) < 4.78 is 0. The summed E-state index contributed by atoms with van der Waals surface area (Å²) in [5, 5.41) is 0.653. The second-order valence-electron chi connectivity index (χ2n) is 4.68. The van der Waals surface area contributed by atoms with Gasteiger partial charge in [0.15, 0.2) is 0 Å². The van der Waals surface area contributed by atoms with Crippen LogP contribution in [0.5, 0.6) is 0 Å². The van der Waals surface area contributed by atoms with Crippen LogP contribution in [0.2, 0.25) is 5.02 Å². The third-order valence-corrected chi connectivity index (χ3v) is 3.68. The van der Waals surface area contributed by atoms with E-state index in [0.717, 1.165) is 5.69 Å². The lowest BCUT2D eigenvalue weighted by atomic mass is 10.0. The lowest BCUT2D eigenvalue weighted by Gasteiger charge is -2.45. The van der Waals surface area contributed by atoms with E-state index < -0.39 is 0 Å². The molecule has 1 amide bonds. The Hall–Kier alpha value is -1.26. The highest BCUT2D eigenvalue weighted by Gasteiger charge is 2.37. The van der Waals surface area contributed by atoms with Crippen molar-refractivity contribution < 1.29 is 4.79 Å². The van der Waals surface area contributed by atoms with Crippen LogP contribution in [0.1, 0.15) is 6.92 Å². The maximum Gasteiger partial charge on any atom is 0.246 e. The predicted octanol–water partition coefficient (Wildman–Crippen LogP) is 1.33. The molecule has 0 bridgehead atoms. The molecule has 2 unspecified atom stereocenters. The van der Waals surface area contributed by atoms with Gasteiger partial charge in [0, 0.05) is 26.2 Å². The van der Waals surface area contributed by atoms with E-state index in [1.165, 1.54) is 0 Å². The van der Waals surface area contributed by atoms with Gasteiger partial charge in [0.2, 0.25) is 5.91 Å². The Morgan fingerprint density at radius 1 is 1.44 bits per heavy atom. The summed E-state index contributed by atoms with van der Waals surface area (Å²) in [6.07, 6.45) is 0. The first-order valence-electron chi connectivity index (χ1n) is 6.04. The number of amides is 1. The first kappa shape index (κ1) is 13.2. The highest BCUT2D eigenvalue weighted by Crippen LogP contribution is 2.31. The van der Waals surface area contributed by atoms with Crippen LogP contribution in [-0.2, 0) is 4.79 Å². The number of hydrogen-bond acceptors (Lipinski definition) is 3. The first-order valence-corrected chi connectivity index (χ1v) is 6.42. The fourth-order valence-electron chi connectivity index (χ4n) is 2.54. The molecule has 1 fully saturated rings. The summed E-state index contributed by atoms with van der Waals surface area (Å²) in [5.74, 6) is 0.0514. The Bertz CT molecular complexity index is 452. The zero-order valence-corrected chi connectivity index (χ0v) is 11.4. The number of rotatable bonds is 2. The molecule has 1 aromatic rings. The number of carbonyl (C=O) groups is 1. The standard InChI is InChI=1S/C13H18ClN3O/c1-9-8-16(2)13(18)12(7-15)17(9)11-6-4-3-5-10(11)14/h3-6,9,12H,7-8,15H2,1-2H3. The number of carbonyl (C=O) groups excluding carboxylic acids is 1. The quantitative estimate of drug-likeness (QED) is 0.880. The molecule has 0 radical (unpaired) electrons. The van der Waals surface area contributed by atoms with Crippen LogP contribution in [0, 0.1) is 0 Å². The Labute approximate surface area is 112 Å². The Balaban J connectivity index is 2.41. The molecule has 1 heterocycles. The molecule has 4 nitrogen and oxygen atoms in total. The Morgan fingerprint density at radius 2 is 2.11 bits per heavy atom. The smallest absolute Gasteiger partial charge is 0.246 e. The van der Waals surface area contributed by atoms with Gasteiger partial charge in [-0.3, -0.25) is 4.79 Å². The Kier molecular flexibility index (Phi) is 3.78. The minimum Gasteiger partial charge on any atom is -0.353 e. The maximum absolute atomic E-state index is 12.2. The SMILES string of the molecule is CC1CN(C)C(=O)C(CN)N1c1ccccc1Cl. The molecule has 0 saturated carbocycles. The summed E-state index contributed by atoms with van der Waals surface area (Å²) in [4.78, 5) is 15.9. The van der Waals surface area contributed by atoms with Gasteiger partial charge >= 0.3 is 0 Å². The summed E-state index contributed by atoms with van der Waals surface area (Å²) in [6, 6.07) is 7.43. The van der Waals surface area contributed by atoms with Crippen molar-refractivity contribution in [1.29, 1.82) is 0 Å². The van der Waals surface area contributed by atoms with E-state index in [9.17, 15) is 4.79 Å². The molecule has 2 atom stereocenters. The molecular weight excluding hydrogens is 250 g/mol. The van der Waals surface area contributed by atoms with Crippen LogP contribution in [0.25, 0.3) is 0 Å². The highest BCUT2D eigenvalue weighted by molar-refractivity contribution is 6.33. The lowest BCUT2D eigenvalue weighted by molar-refractivity contribution is -0.133. The molecule has 0 spiro atoms. The van der Waals surface area contributed by atoms with Gasteiger partial charge in [-0.2, -0.15) is 0 Å². The van der Waals surface area contributed by atoms with Gasteiger partial charge in [-0.05, 0) is 19.1 Å². The average Bonchev–Trinajstić information content (AvgIpc) is 2.34. The lowest BCUT2D eigenvalue weighted by Crippen LogP contribution is -2.62. The minimum absolute atomic E-state index is 0.0514. The highest BCUT2D eigenvalue weighted by atomic mass is 35.5. The monoisotopic (exact) mass is 267 g/mol. The van der Waals surface area contributed by atoms with E-state index in [4.69, 9.17) is 17.3 Å². The van der Waals surface area contributed by atoms with Gasteiger partial charge in [0.1, 0.15) is 6.04 Å². The number of para-hydroxylation sites is 1. The number of nitrogens with zero attached hydrogens (tertiary/aromatic N) is 2. The van der Waals surface area contributed by atoms with Crippen LogP contribution in [0.3, 0.4) is 0 Å². The molecule has 1 aliphatic heterocycles. The van der Waals surface area contributed by atoms with Gasteiger partial charge in [0.05, 0.1) is 10.7 Å². The molecule has 2 rings (SSSR count). The van der Waals surface area contributed by atoms with Gasteiger partial charge in [-0.15, -0.1) is 0 Å². The van der Waals surface area contributed by atoms with Gasteiger partial charge in [-0.1, -0.05) is 23.7 Å². The van der Waals surface area contributed by atoms with Crippen molar-refractivity contribution >= 4 is 23.2 Å². The second kappa shape index (κ2) is 5.16. The fraction of sp³-hybridized carbons (Fsp3) is 0.462. The van der Waals surface area contributed by atoms with Gasteiger partial charge in [-0.25, -0.2) is 0 Å². The fourth-order valence-corrected chi connectivity index (χ4v) is 2.77. The number of benzene rings is 1. The molecule has 5 heteroatoms. The van der Waals surface area contributed by atoms with Gasteiger partial charge in [0.25, 0.3) is 0 Å². The number of likely N-dealkylation sites (N-methyl/N-ethyl adjacent to an activating group) is 1. The van der Waals surface area contributed by atoms with E-state index in [1.807, 2.05) is 36.2 Å². The number of anilines is 1. The van der Waals surface area contributed by atoms with Gasteiger partial charge < -0.3 is 15.5 Å². The first-order chi connectivity index (χ1) is 8.56. The van der Waals surface area contributed by atoms with E-state index in [-0.39, 0.29) is 18.0 Å². The zero-order chi connectivity index (χ0) is 13.3. The molecule has 0 aromatic heterocycles. The van der Waals surface area contributed by atoms with E-state index in [2.05, 4.69) is 6.92 Å². The molecule has 0 aliphatic carbocycles. The van der Waals surface area contributed by atoms with Crippen LogP contribution < -0.4 is 10.6 Å². The summed E-state index contributed by atoms with van der Waals surface area (Å²) in [7, 11) is 1.81. The van der Waals surface area contributed by atoms with Crippen molar-refractivity contribution in [3.05, 3.63) is 29.3 Å². The number of hydrogen-bond donors (Lipinski definition) is 1. The molecule has 1 aliphatic rings. The molecular formula is C13H18ClN3O. The molecule has 1 saturated heterocycles. The summed E-state index contributed by atoms with van der Waals surface area (Å²) >= 11 is 6.22.